The lowest BCUT2D eigenvalue weighted by molar-refractivity contribution is -0.119. The van der Waals surface area contributed by atoms with Crippen LogP contribution in [-0.2, 0) is 52.0 Å². The van der Waals surface area contributed by atoms with E-state index in [2.05, 4.69) is 45.5 Å². The van der Waals surface area contributed by atoms with Crippen molar-refractivity contribution in [2.45, 2.75) is 107 Å². The summed E-state index contributed by atoms with van der Waals surface area (Å²) >= 11 is 13.6. The molecular weight excluding hydrogens is 1510 g/mol. The van der Waals surface area contributed by atoms with Gasteiger partial charge in [-0.2, -0.15) is 4.98 Å². The second-order valence-corrected chi connectivity index (χ2v) is 30.8. The Bertz CT molecular complexity index is 5400. The van der Waals surface area contributed by atoms with Crippen molar-refractivity contribution in [3.05, 3.63) is 252 Å². The number of fused-ring (bicyclic) bond motifs is 2. The number of ether oxygens (including phenoxy) is 6. The van der Waals surface area contributed by atoms with Crippen molar-refractivity contribution in [3.8, 4) is 23.0 Å². The van der Waals surface area contributed by atoms with Gasteiger partial charge in [0.05, 0.1) is 68.5 Å². The molecule has 0 aliphatic carbocycles. The maximum Gasteiger partial charge on any atom is 0.530 e. The summed E-state index contributed by atoms with van der Waals surface area (Å²) in [4.78, 5) is 93.2. The number of aromatic nitrogens is 10. The normalized spacial score (nSPS) is 21.0. The van der Waals surface area contributed by atoms with Gasteiger partial charge in [0, 0.05) is 42.5 Å². The SMILES string of the molecule is COc1ccc(C(OC[C@H]2O[C@@H](n3cnc4c(NC(=O)c5ccccc5)ncnc43)C[C@@H]2OP(=O)(OC[C@H]2O[C@@H](n3cnc4c(=O)[nH]c(NC(=O)C(C)C)nc43)C[C@@H]2OP(=O)(CC[C@H]2O[C@@H](n3cc(C)c(=O)[nH]c3=O)C[C@@H]2O)Oc2ccccc2Cl)Oc2ccccc2Cl)(c2ccccc2)c2ccc(OC)cc2)cc1. The third kappa shape index (κ3) is 16.5. The molecule has 2 amide bonds. The van der Waals surface area contributed by atoms with E-state index in [-0.39, 0.29) is 93.5 Å². The number of carbonyl (C=O) groups excluding carboxylic acids is 2. The summed E-state index contributed by atoms with van der Waals surface area (Å²) < 4.78 is 109. The van der Waals surface area contributed by atoms with Gasteiger partial charge in [-0.05, 0) is 90.7 Å². The summed E-state index contributed by atoms with van der Waals surface area (Å²) in [5.41, 5.74) is -0.767. The van der Waals surface area contributed by atoms with E-state index in [0.717, 1.165) is 4.57 Å². The number of methoxy groups -OCH3 is 2. The lowest BCUT2D eigenvalue weighted by atomic mass is 9.80. The number of aryl methyl sites for hydroxylation is 1. The monoisotopic (exact) mass is 1580 g/mol. The summed E-state index contributed by atoms with van der Waals surface area (Å²) in [6.45, 7) is 3.70. The summed E-state index contributed by atoms with van der Waals surface area (Å²) in [7, 11) is -6.79. The number of carbonyl (C=O) groups is 2. The highest BCUT2D eigenvalue weighted by Gasteiger charge is 2.50. The third-order valence-electron chi connectivity index (χ3n) is 18.9. The molecule has 11 atom stereocenters. The maximum absolute atomic E-state index is 16.6. The Kier molecular flexibility index (Phi) is 22.8. The van der Waals surface area contributed by atoms with Crippen LogP contribution in [0.5, 0.6) is 23.0 Å². The number of para-hydroxylation sites is 2. The van der Waals surface area contributed by atoms with Crippen LogP contribution in [0, 0.1) is 12.8 Å². The average Bonchev–Trinajstić information content (AvgIpc) is 1.71. The minimum atomic E-state index is -5.24. The Morgan fingerprint density at radius 3 is 1.81 bits per heavy atom. The van der Waals surface area contributed by atoms with Crippen LogP contribution in [0.25, 0.3) is 22.3 Å². The summed E-state index contributed by atoms with van der Waals surface area (Å²) in [5.74, 6) is -0.625. The number of aliphatic hydroxyl groups is 1. The first-order valence-electron chi connectivity index (χ1n) is 34.9. The zero-order valence-electron chi connectivity index (χ0n) is 59.6. The van der Waals surface area contributed by atoms with Gasteiger partial charge in [0.2, 0.25) is 11.9 Å². The zero-order valence-corrected chi connectivity index (χ0v) is 62.9. The number of hydrogen-bond acceptors (Lipinski definition) is 24. The van der Waals surface area contributed by atoms with E-state index in [1.165, 1.54) is 60.9 Å². The number of nitrogens with zero attached hydrogens (tertiary/aromatic N) is 8. The predicted molar refractivity (Wildman–Crippen MR) is 402 cm³/mol. The number of phosphoric acid groups is 1. The molecule has 0 radical (unpaired) electrons. The largest absolute Gasteiger partial charge is 0.530 e. The van der Waals surface area contributed by atoms with Crippen LogP contribution in [-0.4, -0.2) is 136 Å². The van der Waals surface area contributed by atoms with Crippen molar-refractivity contribution in [2.75, 3.05) is 44.2 Å². The number of phosphoric ester groups is 1. The van der Waals surface area contributed by atoms with E-state index < -0.39 is 124 Å². The standard InChI is InChI=1S/C75H74Cl2N12O19P2/c1-43(2)69(91)84-73-83-68-65(72(94)85-73)81-42-89(68)63-35-57(106-109(96,105-54-22-14-12-20-51(54)76)33-32-56-53(90)34-61(102-56)87-37-44(3)70(92)86-74(87)95)60(104-63)39-101-110(97,107-55-23-15-13-21-52(55)77)108-58-36-62(88-41-80-64-66(78-40-79-67(64)88)82-71(93)45-16-8-6-9-17-45)103-59(58)38-100-75(46-18-10-7-11-19-46,47-24-28-49(98-4)29-25-47)48-26-30-50(99-5)31-27-48/h6-31,37,40-43,53,56-63,90H,32-36,38-39H2,1-5H3,(H,86,92,95)(H,78,79,82,93)(H2,83,84,85,91,94)/t53-,56+,57-,58-,59+,60+,61+,62+,63+,109?,110?/m0/s1. The number of aromatic amines is 2. The van der Waals surface area contributed by atoms with Crippen LogP contribution in [0.15, 0.2) is 197 Å². The van der Waals surface area contributed by atoms with Crippen LogP contribution in [0.2, 0.25) is 10.0 Å². The summed E-state index contributed by atoms with van der Waals surface area (Å²) in [6, 6.07) is 45.1. The van der Waals surface area contributed by atoms with Gasteiger partial charge in [-0.25, -0.2) is 33.9 Å². The topological polar surface area (TPSA) is 376 Å². The highest BCUT2D eigenvalue weighted by Crippen LogP contribution is 2.58. The van der Waals surface area contributed by atoms with E-state index in [1.807, 2.05) is 78.9 Å². The number of benzene rings is 6. The number of anilines is 2. The van der Waals surface area contributed by atoms with E-state index >= 15 is 9.13 Å². The van der Waals surface area contributed by atoms with E-state index in [0.29, 0.717) is 33.8 Å². The zero-order chi connectivity index (χ0) is 77.0. The number of rotatable bonds is 29. The van der Waals surface area contributed by atoms with Crippen molar-refractivity contribution in [1.82, 2.24) is 48.6 Å². The molecule has 3 aliphatic rings. The average molecular weight is 1580 g/mol. The van der Waals surface area contributed by atoms with Crippen LogP contribution in [0.4, 0.5) is 11.8 Å². The quantitative estimate of drug-likeness (QED) is 0.0215. The molecule has 3 fully saturated rings. The molecule has 572 valence electrons. The number of H-pyrrole nitrogens is 2. The van der Waals surface area contributed by atoms with Gasteiger partial charge < -0.3 is 47.9 Å². The van der Waals surface area contributed by atoms with E-state index in [1.54, 1.807) is 87.2 Å². The molecule has 3 saturated heterocycles. The molecule has 3 aliphatic heterocycles. The highest BCUT2D eigenvalue weighted by molar-refractivity contribution is 7.54. The van der Waals surface area contributed by atoms with Crippen LogP contribution in [0.3, 0.4) is 0 Å². The van der Waals surface area contributed by atoms with Gasteiger partial charge in [0.15, 0.2) is 28.1 Å². The van der Waals surface area contributed by atoms with E-state index in [9.17, 15) is 29.1 Å². The molecule has 2 unspecified atom stereocenters. The number of amides is 2. The predicted octanol–water partition coefficient (Wildman–Crippen LogP) is 11.9. The van der Waals surface area contributed by atoms with Crippen molar-refractivity contribution in [2.24, 2.45) is 5.92 Å². The molecule has 110 heavy (non-hydrogen) atoms. The van der Waals surface area contributed by atoms with Gasteiger partial charge in [-0.3, -0.25) is 61.7 Å². The van der Waals surface area contributed by atoms with Crippen molar-refractivity contribution in [1.29, 1.82) is 0 Å². The Balaban J connectivity index is 0.842. The molecule has 0 bridgehead atoms. The number of nitrogens with one attached hydrogen (secondary N) is 4. The van der Waals surface area contributed by atoms with E-state index in [4.69, 9.17) is 74.2 Å². The van der Waals surface area contributed by atoms with Gasteiger partial charge in [-0.1, -0.05) is 134 Å². The van der Waals surface area contributed by atoms with Crippen LogP contribution < -0.4 is 46.0 Å². The lowest BCUT2D eigenvalue weighted by Crippen LogP contribution is -2.38. The Morgan fingerprint density at radius 2 is 1.18 bits per heavy atom. The van der Waals surface area contributed by atoms with Gasteiger partial charge in [0.1, 0.15) is 78.0 Å². The van der Waals surface area contributed by atoms with Crippen molar-refractivity contribution in [3.63, 3.8) is 0 Å². The van der Waals surface area contributed by atoms with Gasteiger partial charge >= 0.3 is 21.1 Å². The molecule has 11 aromatic rings. The lowest BCUT2D eigenvalue weighted by Gasteiger charge is -2.37. The first kappa shape index (κ1) is 76.5. The first-order chi connectivity index (χ1) is 53.1. The summed E-state index contributed by atoms with van der Waals surface area (Å²) in [5, 5.41) is 17.0. The molecular formula is C75H74Cl2N12O19P2. The van der Waals surface area contributed by atoms with Crippen molar-refractivity contribution < 1.29 is 74.9 Å². The van der Waals surface area contributed by atoms with Crippen LogP contribution in [0.1, 0.15) is 90.8 Å². The number of imidazole rings is 2. The summed E-state index contributed by atoms with van der Waals surface area (Å²) in [6.07, 6.45) is -7.07. The molecule has 0 spiro atoms. The second-order valence-electron chi connectivity index (χ2n) is 26.4. The Morgan fingerprint density at radius 1 is 0.627 bits per heavy atom. The molecule has 0 saturated carbocycles. The Hall–Kier alpha value is -10.2. The third-order valence-corrected chi connectivity index (χ3v) is 22.8. The fourth-order valence-electron chi connectivity index (χ4n) is 13.2. The highest BCUT2D eigenvalue weighted by atomic mass is 35.5. The van der Waals surface area contributed by atoms with Crippen molar-refractivity contribution >= 4 is 84.5 Å². The van der Waals surface area contributed by atoms with Gasteiger partial charge in [0.25, 0.3) is 17.0 Å². The minimum absolute atomic E-state index is 0.00949. The second kappa shape index (κ2) is 32.8. The molecule has 5 aromatic heterocycles. The molecule has 35 heteroatoms. The Labute approximate surface area is 637 Å². The van der Waals surface area contributed by atoms with Crippen LogP contribution >= 0.6 is 38.6 Å². The molecule has 5 N–H and O–H groups in total. The number of hydrogen-bond donors (Lipinski definition) is 5. The fourth-order valence-corrected chi connectivity index (χ4v) is 17.0. The molecule has 8 heterocycles. The molecule has 6 aromatic carbocycles. The molecule has 31 nitrogen and oxygen atoms in total. The number of aliphatic hydroxyl groups excluding tert-OH is 1. The maximum atomic E-state index is 16.6. The molecule has 14 rings (SSSR count). The minimum Gasteiger partial charge on any atom is -0.497 e. The first-order valence-corrected chi connectivity index (χ1v) is 38.9. The fraction of sp³-hybridized carbons (Fsp3) is 0.307. The van der Waals surface area contributed by atoms with Gasteiger partial charge in [-0.15, -0.1) is 0 Å². The number of halogens is 2. The smallest absolute Gasteiger partial charge is 0.497 e.